The van der Waals surface area contributed by atoms with Crippen molar-refractivity contribution in [3.8, 4) is 5.75 Å². The molecule has 1 saturated heterocycles. The molecule has 10 heteroatoms. The number of benzene rings is 1. The van der Waals surface area contributed by atoms with Crippen LogP contribution in [0.3, 0.4) is 0 Å². The van der Waals surface area contributed by atoms with E-state index in [1.807, 2.05) is 38.1 Å². The van der Waals surface area contributed by atoms with E-state index in [4.69, 9.17) is 9.26 Å². The minimum atomic E-state index is -3.42. The van der Waals surface area contributed by atoms with Gasteiger partial charge in [0.25, 0.3) is 0 Å². The molecule has 2 heterocycles. The van der Waals surface area contributed by atoms with Gasteiger partial charge in [0.05, 0.1) is 12.2 Å². The number of nitrogens with one attached hydrogen (secondary N) is 1. The normalized spacial score (nSPS) is 15.9. The molecule has 1 aliphatic rings. The van der Waals surface area contributed by atoms with Gasteiger partial charge in [-0.15, -0.1) is 0 Å². The number of ether oxygens (including phenoxy) is 1. The number of hydrogen-bond donors (Lipinski definition) is 1. The fraction of sp³-hybridized carbons (Fsp3) is 0.500. The van der Waals surface area contributed by atoms with Crippen LogP contribution in [-0.2, 0) is 15.8 Å². The third kappa shape index (κ3) is 6.20. The van der Waals surface area contributed by atoms with Crippen molar-refractivity contribution >= 4 is 16.0 Å². The number of aliphatic imine (C=N–C) groups is 1. The highest BCUT2D eigenvalue weighted by Gasteiger charge is 2.28. The Morgan fingerprint density at radius 1 is 1.27 bits per heavy atom. The van der Waals surface area contributed by atoms with Crippen molar-refractivity contribution in [2.24, 2.45) is 4.99 Å². The number of sulfonamides is 1. The second-order valence-electron chi connectivity index (χ2n) is 7.03. The van der Waals surface area contributed by atoms with E-state index in [0.29, 0.717) is 45.0 Å². The van der Waals surface area contributed by atoms with Crippen molar-refractivity contribution in [1.29, 1.82) is 0 Å². The van der Waals surface area contributed by atoms with Crippen LogP contribution < -0.4 is 10.1 Å². The average molecular weight is 436 g/mol. The maximum Gasteiger partial charge on any atom is 0.220 e. The highest BCUT2D eigenvalue weighted by molar-refractivity contribution is 7.88. The summed E-state index contributed by atoms with van der Waals surface area (Å²) in [6, 6.07) is 9.49. The summed E-state index contributed by atoms with van der Waals surface area (Å²) in [6.07, 6.45) is 1.38. The molecule has 3 rings (SSSR count). The second-order valence-corrected chi connectivity index (χ2v) is 9.00. The van der Waals surface area contributed by atoms with Gasteiger partial charge in [0, 0.05) is 38.8 Å². The van der Waals surface area contributed by atoms with Gasteiger partial charge in [0.2, 0.25) is 10.0 Å². The minimum Gasteiger partial charge on any atom is -0.492 e. The van der Waals surface area contributed by atoms with Gasteiger partial charge < -0.3 is 19.5 Å². The number of guanidine groups is 1. The third-order valence-corrected chi connectivity index (χ3v) is 6.51. The average Bonchev–Trinajstić information content (AvgIpc) is 3.23. The van der Waals surface area contributed by atoms with Gasteiger partial charge in [0.15, 0.2) is 5.96 Å². The van der Waals surface area contributed by atoms with E-state index in [0.717, 1.165) is 23.8 Å². The molecule has 0 unspecified atom stereocenters. The summed E-state index contributed by atoms with van der Waals surface area (Å²) in [5.41, 5.74) is 1.57. The van der Waals surface area contributed by atoms with Crippen molar-refractivity contribution in [1.82, 2.24) is 19.7 Å². The van der Waals surface area contributed by atoms with Gasteiger partial charge in [-0.2, -0.15) is 4.31 Å². The maximum atomic E-state index is 12.6. The van der Waals surface area contributed by atoms with Crippen molar-refractivity contribution in [3.63, 3.8) is 0 Å². The quantitative estimate of drug-likeness (QED) is 0.381. The highest BCUT2D eigenvalue weighted by atomic mass is 32.2. The van der Waals surface area contributed by atoms with E-state index in [2.05, 4.69) is 20.4 Å². The number of aromatic nitrogens is 1. The van der Waals surface area contributed by atoms with Crippen LogP contribution in [0.4, 0.5) is 0 Å². The van der Waals surface area contributed by atoms with Crippen LogP contribution in [0.1, 0.15) is 18.2 Å². The van der Waals surface area contributed by atoms with E-state index in [1.165, 1.54) is 10.6 Å². The number of nitrogens with zero attached hydrogens (tertiary/aromatic N) is 4. The first-order valence-corrected chi connectivity index (χ1v) is 11.7. The van der Waals surface area contributed by atoms with Crippen molar-refractivity contribution < 1.29 is 17.7 Å². The Kier molecular flexibility index (Phi) is 7.69. The second kappa shape index (κ2) is 10.4. The molecule has 1 N–H and O–H groups in total. The first-order valence-electron chi connectivity index (χ1n) is 10.1. The summed E-state index contributed by atoms with van der Waals surface area (Å²) < 4.78 is 37.2. The molecule has 0 spiro atoms. The van der Waals surface area contributed by atoms with E-state index in [1.54, 1.807) is 6.07 Å². The molecule has 0 bridgehead atoms. The topological polar surface area (TPSA) is 100 Å². The van der Waals surface area contributed by atoms with Crippen molar-refractivity contribution in [2.45, 2.75) is 19.6 Å². The lowest BCUT2D eigenvalue weighted by Crippen LogP contribution is -2.54. The smallest absolute Gasteiger partial charge is 0.220 e. The Morgan fingerprint density at radius 3 is 2.73 bits per heavy atom. The van der Waals surface area contributed by atoms with Gasteiger partial charge in [-0.25, -0.2) is 13.4 Å². The van der Waals surface area contributed by atoms with Crippen LogP contribution in [0.2, 0.25) is 0 Å². The van der Waals surface area contributed by atoms with Gasteiger partial charge in [-0.05, 0) is 31.5 Å². The van der Waals surface area contributed by atoms with Gasteiger partial charge in [-0.3, -0.25) is 0 Å². The molecule has 0 saturated carbocycles. The van der Waals surface area contributed by atoms with Crippen LogP contribution in [0.25, 0.3) is 0 Å². The van der Waals surface area contributed by atoms with Crippen LogP contribution in [0.5, 0.6) is 5.75 Å². The lowest BCUT2D eigenvalue weighted by molar-refractivity contribution is 0.259. The summed E-state index contributed by atoms with van der Waals surface area (Å²) in [6.45, 7) is 7.73. The molecule has 0 aliphatic carbocycles. The van der Waals surface area contributed by atoms with E-state index in [9.17, 15) is 8.42 Å². The molecular formula is C20H29N5O4S. The highest BCUT2D eigenvalue weighted by Crippen LogP contribution is 2.14. The maximum absolute atomic E-state index is 12.6. The number of hydrogen-bond acceptors (Lipinski definition) is 6. The minimum absolute atomic E-state index is 0.145. The predicted molar refractivity (Wildman–Crippen MR) is 115 cm³/mol. The zero-order valence-corrected chi connectivity index (χ0v) is 18.3. The number of piperazine rings is 1. The summed E-state index contributed by atoms with van der Waals surface area (Å²) in [4.78, 5) is 6.72. The lowest BCUT2D eigenvalue weighted by Gasteiger charge is -2.35. The Hall–Kier alpha value is -2.59. The number of aryl methyl sites for hydroxylation is 1. The van der Waals surface area contributed by atoms with Crippen molar-refractivity contribution in [2.75, 3.05) is 45.9 Å². The molecule has 0 radical (unpaired) electrons. The Balaban J connectivity index is 1.51. The van der Waals surface area contributed by atoms with Gasteiger partial charge in [0.1, 0.15) is 24.4 Å². The molecule has 0 atom stereocenters. The predicted octanol–water partition coefficient (Wildman–Crippen LogP) is 1.47. The molecule has 0 amide bonds. The van der Waals surface area contributed by atoms with E-state index in [-0.39, 0.29) is 5.75 Å². The summed E-state index contributed by atoms with van der Waals surface area (Å²) in [5.74, 6) is 1.47. The Labute approximate surface area is 177 Å². The monoisotopic (exact) mass is 435 g/mol. The molecule has 30 heavy (non-hydrogen) atoms. The Morgan fingerprint density at radius 2 is 2.07 bits per heavy atom. The van der Waals surface area contributed by atoms with Crippen LogP contribution in [0, 0.1) is 6.92 Å². The molecule has 2 aromatic rings. The fourth-order valence-corrected chi connectivity index (χ4v) is 4.64. The SMILES string of the molecule is CCNC(=NCCOc1cccc(C)c1)N1CCN(S(=O)(=O)Cc2ccon2)CC1. The largest absolute Gasteiger partial charge is 0.492 e. The third-order valence-electron chi connectivity index (χ3n) is 4.70. The van der Waals surface area contributed by atoms with Crippen LogP contribution in [0.15, 0.2) is 46.1 Å². The Bertz CT molecular complexity index is 922. The van der Waals surface area contributed by atoms with Crippen LogP contribution >= 0.6 is 0 Å². The molecule has 164 valence electrons. The van der Waals surface area contributed by atoms with Crippen LogP contribution in [-0.4, -0.2) is 74.6 Å². The lowest BCUT2D eigenvalue weighted by atomic mass is 10.2. The summed E-state index contributed by atoms with van der Waals surface area (Å²) in [5, 5.41) is 6.98. The molecular weight excluding hydrogens is 406 g/mol. The number of rotatable bonds is 8. The summed E-state index contributed by atoms with van der Waals surface area (Å²) >= 11 is 0. The molecule has 1 fully saturated rings. The molecule has 9 nitrogen and oxygen atoms in total. The molecule has 1 aromatic carbocycles. The zero-order valence-electron chi connectivity index (χ0n) is 17.5. The van der Waals surface area contributed by atoms with E-state index < -0.39 is 10.0 Å². The van der Waals surface area contributed by atoms with Crippen molar-refractivity contribution in [3.05, 3.63) is 47.9 Å². The van der Waals surface area contributed by atoms with E-state index >= 15 is 0 Å². The molecule has 1 aromatic heterocycles. The fourth-order valence-electron chi connectivity index (χ4n) is 3.21. The first kappa shape index (κ1) is 22.1. The van der Waals surface area contributed by atoms with Gasteiger partial charge in [-0.1, -0.05) is 17.3 Å². The molecule has 1 aliphatic heterocycles. The standard InChI is InChI=1S/C20H29N5O4S/c1-3-21-20(22-8-14-28-19-6-4-5-17(2)15-19)24-9-11-25(12-10-24)30(26,27)16-18-7-13-29-23-18/h4-7,13,15H,3,8-12,14,16H2,1-2H3,(H,21,22). The zero-order chi connectivity index (χ0) is 21.4. The summed E-state index contributed by atoms with van der Waals surface area (Å²) in [7, 11) is -3.42. The first-order chi connectivity index (χ1) is 14.5. The van der Waals surface area contributed by atoms with Gasteiger partial charge >= 0.3 is 0 Å².